The van der Waals surface area contributed by atoms with Crippen LogP contribution in [0.5, 0.6) is 5.75 Å². The second-order valence-corrected chi connectivity index (χ2v) is 21.0. The molecule has 1 aromatic heterocycles. The van der Waals surface area contributed by atoms with Crippen LogP contribution in [0.4, 0.5) is 0 Å². The van der Waals surface area contributed by atoms with Crippen LogP contribution in [-0.2, 0) is 43.2 Å². The number of aromatic nitrogens is 4. The zero-order chi connectivity index (χ0) is 58.2. The van der Waals surface area contributed by atoms with Gasteiger partial charge in [-0.3, -0.25) is 47.9 Å². The van der Waals surface area contributed by atoms with Crippen LogP contribution < -0.4 is 58.3 Å². The number of carbonyl (C=O) groups excluding carboxylic acids is 10. The number of carbonyl (C=O) groups is 10. The summed E-state index contributed by atoms with van der Waals surface area (Å²) in [6.45, 7) is 22.1. The lowest BCUT2D eigenvalue weighted by atomic mass is 9.97. The summed E-state index contributed by atoms with van der Waals surface area (Å²) in [5, 5.41) is 36.2. The molecule has 0 fully saturated rings. The number of ether oxygens (including phenoxy) is 1. The van der Waals surface area contributed by atoms with Crippen LogP contribution in [0, 0.1) is 23.7 Å². The van der Waals surface area contributed by atoms with Gasteiger partial charge >= 0.3 is 0 Å². The number of nitrogens with two attached hydrogens (primary N) is 1. The van der Waals surface area contributed by atoms with Crippen molar-refractivity contribution < 1.29 is 52.7 Å². The van der Waals surface area contributed by atoms with Crippen molar-refractivity contribution in [2.45, 2.75) is 169 Å². The number of methoxy groups -OCH3 is 1. The van der Waals surface area contributed by atoms with Crippen molar-refractivity contribution in [2.75, 3.05) is 20.2 Å². The van der Waals surface area contributed by atoms with E-state index in [0.717, 1.165) is 6.08 Å². The summed E-state index contributed by atoms with van der Waals surface area (Å²) in [7, 11) is 1.53. The normalized spacial score (nSPS) is 13.7. The number of primary amides is 1. The van der Waals surface area contributed by atoms with E-state index in [1.54, 1.807) is 52.0 Å². The van der Waals surface area contributed by atoms with Gasteiger partial charge in [0.2, 0.25) is 53.2 Å². The average molecular weight is 1080 g/mol. The van der Waals surface area contributed by atoms with Gasteiger partial charge in [0, 0.05) is 20.0 Å². The molecule has 6 atom stereocenters. The monoisotopic (exact) mass is 1080 g/mol. The number of hydrogen-bond donors (Lipinski definition) is 10. The van der Waals surface area contributed by atoms with E-state index in [0.29, 0.717) is 37.1 Å². The van der Waals surface area contributed by atoms with Gasteiger partial charge in [-0.1, -0.05) is 62.0 Å². The van der Waals surface area contributed by atoms with Crippen molar-refractivity contribution in [1.29, 1.82) is 0 Å². The topological polar surface area (TPSA) is 358 Å². The van der Waals surface area contributed by atoms with Crippen LogP contribution in [-0.4, -0.2) is 141 Å². The summed E-state index contributed by atoms with van der Waals surface area (Å²) >= 11 is 0. The SMILES string of the molecule is C=CC(=O)NCCCC[C@H](NC(=O)[C@@H](NC(C)=O)C(C)C)C(=O)N[C@@H](CC(C)C)C(=O)NC(C)(C)C(=O)N[C@H](C(=O)N[C@@H](CCCCNC(=O)c1nnn(-c2ccc(OC)cc2)n1)C(=O)N[C@@H](CC(C)C)C(N)=O)C(C)C. The third-order valence-electron chi connectivity index (χ3n) is 12.0. The van der Waals surface area contributed by atoms with Gasteiger partial charge < -0.3 is 58.3 Å². The Morgan fingerprint density at radius 3 is 1.60 bits per heavy atom. The molecule has 0 aliphatic carbocycles. The van der Waals surface area contributed by atoms with Crippen molar-refractivity contribution in [3.63, 3.8) is 0 Å². The highest BCUT2D eigenvalue weighted by molar-refractivity contribution is 5.99. The largest absolute Gasteiger partial charge is 0.497 e. The van der Waals surface area contributed by atoms with Crippen LogP contribution in [0.1, 0.15) is 138 Å². The summed E-state index contributed by atoms with van der Waals surface area (Å²) in [4.78, 5) is 134. The lowest BCUT2D eigenvalue weighted by Gasteiger charge is -2.32. The first kappa shape index (κ1) is 65.6. The molecule has 2 rings (SSSR count). The summed E-state index contributed by atoms with van der Waals surface area (Å²) < 4.78 is 5.17. The fourth-order valence-electron chi connectivity index (χ4n) is 7.73. The Morgan fingerprint density at radius 1 is 0.649 bits per heavy atom. The van der Waals surface area contributed by atoms with E-state index in [1.807, 2.05) is 27.7 Å². The van der Waals surface area contributed by atoms with Crippen LogP contribution >= 0.6 is 0 Å². The maximum Gasteiger partial charge on any atom is 0.292 e. The van der Waals surface area contributed by atoms with Gasteiger partial charge in [-0.05, 0) is 124 Å². The summed E-state index contributed by atoms with van der Waals surface area (Å²) in [5.74, 6) is -7.05. The highest BCUT2D eigenvalue weighted by atomic mass is 16.5. The molecule has 0 radical (unpaired) electrons. The summed E-state index contributed by atoms with van der Waals surface area (Å²) in [5.41, 5.74) is 4.50. The third kappa shape index (κ3) is 23.1. The van der Waals surface area contributed by atoms with E-state index in [-0.39, 0.29) is 68.3 Å². The molecule has 0 aliphatic rings. The summed E-state index contributed by atoms with van der Waals surface area (Å²) in [6.07, 6.45) is 3.07. The average Bonchev–Trinajstić information content (AvgIpc) is 3.85. The molecular formula is C52H84N14O11. The zero-order valence-electron chi connectivity index (χ0n) is 46.8. The van der Waals surface area contributed by atoms with Crippen LogP contribution in [0.25, 0.3) is 5.69 Å². The Balaban J connectivity index is 2.26. The number of nitrogens with one attached hydrogen (secondary N) is 9. The molecule has 428 valence electrons. The second-order valence-electron chi connectivity index (χ2n) is 21.0. The smallest absolute Gasteiger partial charge is 0.292 e. The van der Waals surface area contributed by atoms with Gasteiger partial charge in [0.05, 0.1) is 12.8 Å². The molecule has 25 nitrogen and oxygen atoms in total. The first-order chi connectivity index (χ1) is 36.1. The Kier molecular flexibility index (Phi) is 27.4. The Bertz CT molecular complexity index is 2330. The molecule has 77 heavy (non-hydrogen) atoms. The van der Waals surface area contributed by atoms with Gasteiger partial charge in [0.15, 0.2) is 0 Å². The highest BCUT2D eigenvalue weighted by Crippen LogP contribution is 2.16. The standard InChI is InChI=1S/C52H84N14O11/c1-14-40(68)54-25-17-15-19-37(57-48(73)41(31(6)7)56-33(10)67)46(71)60-39(28-30(4)5)47(72)62-52(11,12)51(76)61-42(32(8)9)49(74)58-36(45(70)59-38(43(53)69)27-29(2)3)20-16-18-26-55-50(75)44-63-65-66(64-44)34-21-23-35(77-13)24-22-34/h14,21-24,29-32,36-39,41-42H,1,15-20,25-28H2,2-13H3,(H2,53,69)(H,54,68)(H,55,75)(H,56,67)(H,57,73)(H,58,74)(H,59,70)(H,60,71)(H,61,76)(H,62,72)/t36-,37-,38-,39-,41-,42-/m0/s1. The van der Waals surface area contributed by atoms with Crippen molar-refractivity contribution in [3.8, 4) is 11.4 Å². The minimum absolute atomic E-state index is 0.0252. The first-order valence-corrected chi connectivity index (χ1v) is 26.1. The molecule has 0 spiro atoms. The quantitative estimate of drug-likeness (QED) is 0.0342. The van der Waals surface area contributed by atoms with E-state index < -0.39 is 101 Å². The van der Waals surface area contributed by atoms with Crippen molar-refractivity contribution >= 4 is 59.1 Å². The highest BCUT2D eigenvalue weighted by Gasteiger charge is 2.38. The summed E-state index contributed by atoms with van der Waals surface area (Å²) in [6, 6.07) is -0.0496. The number of rotatable bonds is 34. The molecule has 0 aliphatic heterocycles. The molecule has 1 aromatic carbocycles. The van der Waals surface area contributed by atoms with E-state index >= 15 is 0 Å². The number of unbranched alkanes of at least 4 members (excludes halogenated alkanes) is 2. The molecular weight excluding hydrogens is 997 g/mol. The predicted molar refractivity (Wildman–Crippen MR) is 286 cm³/mol. The van der Waals surface area contributed by atoms with Crippen LogP contribution in [0.2, 0.25) is 0 Å². The lowest BCUT2D eigenvalue weighted by molar-refractivity contribution is -0.138. The molecule has 1 heterocycles. The number of nitrogens with zero attached hydrogens (tertiary/aromatic N) is 4. The molecule has 25 heteroatoms. The Labute approximate surface area is 451 Å². The number of amides is 10. The van der Waals surface area contributed by atoms with E-state index in [9.17, 15) is 47.9 Å². The lowest BCUT2D eigenvalue weighted by Crippen LogP contribution is -2.64. The molecule has 0 unspecified atom stereocenters. The van der Waals surface area contributed by atoms with Gasteiger partial charge in [-0.25, -0.2) is 0 Å². The Hall–Kier alpha value is -7.47. The first-order valence-electron chi connectivity index (χ1n) is 26.1. The molecule has 11 N–H and O–H groups in total. The number of benzene rings is 1. The molecule has 2 aromatic rings. The maximum atomic E-state index is 14.1. The van der Waals surface area contributed by atoms with Crippen LogP contribution in [0.15, 0.2) is 36.9 Å². The Morgan fingerprint density at radius 2 is 1.13 bits per heavy atom. The fraction of sp³-hybridized carbons (Fsp3) is 0.635. The van der Waals surface area contributed by atoms with E-state index in [1.165, 1.54) is 32.7 Å². The fourth-order valence-corrected chi connectivity index (χ4v) is 7.73. The van der Waals surface area contributed by atoms with E-state index in [2.05, 4.69) is 69.8 Å². The third-order valence-corrected chi connectivity index (χ3v) is 12.0. The van der Waals surface area contributed by atoms with Gasteiger partial charge in [0.1, 0.15) is 47.5 Å². The predicted octanol–water partition coefficient (Wildman–Crippen LogP) is 0.756. The maximum absolute atomic E-state index is 14.1. The van der Waals surface area contributed by atoms with Gasteiger partial charge in [-0.15, -0.1) is 15.0 Å². The minimum Gasteiger partial charge on any atom is -0.497 e. The zero-order valence-corrected chi connectivity index (χ0v) is 46.8. The van der Waals surface area contributed by atoms with Crippen molar-refractivity contribution in [1.82, 2.24) is 68.1 Å². The van der Waals surface area contributed by atoms with Gasteiger partial charge in [-0.2, -0.15) is 0 Å². The van der Waals surface area contributed by atoms with Crippen molar-refractivity contribution in [3.05, 3.63) is 42.7 Å². The molecule has 0 bridgehead atoms. The second kappa shape index (κ2) is 32.2. The number of tetrazole rings is 1. The van der Waals surface area contributed by atoms with E-state index in [4.69, 9.17) is 10.5 Å². The van der Waals surface area contributed by atoms with Gasteiger partial charge in [0.25, 0.3) is 11.7 Å². The van der Waals surface area contributed by atoms with Crippen LogP contribution in [0.3, 0.4) is 0 Å². The molecule has 10 amide bonds. The molecule has 0 saturated carbocycles. The number of hydrogen-bond acceptors (Lipinski definition) is 14. The molecule has 0 saturated heterocycles. The minimum atomic E-state index is -1.69. The van der Waals surface area contributed by atoms with Crippen molar-refractivity contribution in [2.24, 2.45) is 29.4 Å².